The Morgan fingerprint density at radius 3 is 2.76 bits per heavy atom. The highest BCUT2D eigenvalue weighted by Crippen LogP contribution is 2.31. The first-order valence-electron chi connectivity index (χ1n) is 5.82. The van der Waals surface area contributed by atoms with Gasteiger partial charge in [0.05, 0.1) is 13.2 Å². The molecule has 1 unspecified atom stereocenters. The molecule has 0 aromatic heterocycles. The van der Waals surface area contributed by atoms with Gasteiger partial charge in [-0.2, -0.15) is 0 Å². The third-order valence-electron chi connectivity index (χ3n) is 2.60. The number of benzene rings is 1. The third-order valence-corrected chi connectivity index (χ3v) is 2.83. The minimum absolute atomic E-state index is 0.113. The fraction of sp³-hybridized carbons (Fsp3) is 0.429. The summed E-state index contributed by atoms with van der Waals surface area (Å²) in [5.41, 5.74) is 2.15. The molecule has 94 valence electrons. The maximum absolute atomic E-state index is 5.96. The van der Waals surface area contributed by atoms with Crippen LogP contribution in [0.15, 0.2) is 30.4 Å². The zero-order chi connectivity index (χ0) is 12.8. The number of nitrogens with one attached hydrogen (secondary N) is 1. The molecule has 1 atom stereocenters. The first-order valence-corrected chi connectivity index (χ1v) is 6.20. The van der Waals surface area contributed by atoms with Crippen LogP contribution in [-0.4, -0.2) is 13.7 Å². The molecule has 0 fully saturated rings. The van der Waals surface area contributed by atoms with E-state index in [1.54, 1.807) is 7.11 Å². The maximum atomic E-state index is 5.96. The van der Waals surface area contributed by atoms with Crippen molar-refractivity contribution < 1.29 is 4.74 Å². The second-order valence-electron chi connectivity index (χ2n) is 4.12. The summed E-state index contributed by atoms with van der Waals surface area (Å²) in [6, 6.07) is 5.81. The van der Waals surface area contributed by atoms with E-state index in [0.29, 0.717) is 5.02 Å². The zero-order valence-electron chi connectivity index (χ0n) is 10.7. The topological polar surface area (TPSA) is 21.3 Å². The number of hydrogen-bond acceptors (Lipinski definition) is 2. The molecule has 0 aliphatic carbocycles. The predicted molar refractivity (Wildman–Crippen MR) is 73.9 cm³/mol. The molecule has 1 N–H and O–H groups in total. The number of ether oxygens (including phenoxy) is 1. The summed E-state index contributed by atoms with van der Waals surface area (Å²) in [6.45, 7) is 9.13. The fourth-order valence-corrected chi connectivity index (χ4v) is 1.92. The molecule has 1 aromatic rings. The van der Waals surface area contributed by atoms with E-state index in [1.807, 2.05) is 25.1 Å². The van der Waals surface area contributed by atoms with Crippen LogP contribution in [0.25, 0.3) is 0 Å². The summed E-state index contributed by atoms with van der Waals surface area (Å²) in [6.07, 6.45) is 1.08. The van der Waals surface area contributed by atoms with Crippen LogP contribution >= 0.6 is 11.6 Å². The molecule has 2 nitrogen and oxygen atoms in total. The van der Waals surface area contributed by atoms with E-state index < -0.39 is 0 Å². The van der Waals surface area contributed by atoms with E-state index in [0.717, 1.165) is 29.9 Å². The predicted octanol–water partition coefficient (Wildman–Crippen LogP) is 3.97. The van der Waals surface area contributed by atoms with E-state index in [1.165, 1.54) is 0 Å². The lowest BCUT2D eigenvalue weighted by Gasteiger charge is -2.21. The minimum atomic E-state index is 0.113. The molecule has 0 spiro atoms. The molecule has 0 saturated heterocycles. The summed E-state index contributed by atoms with van der Waals surface area (Å²) < 4.78 is 5.37. The standard InChI is InChI=1S/C14H20ClNO/c1-5-8-16-14(10(2)3)12-7-6-11(15)9-13(12)17-4/h6-7,9,14,16H,2,5,8H2,1,3-4H3. The van der Waals surface area contributed by atoms with Crippen molar-refractivity contribution in [2.75, 3.05) is 13.7 Å². The first-order chi connectivity index (χ1) is 8.10. The number of halogens is 1. The Kier molecular flexibility index (Phi) is 5.52. The van der Waals surface area contributed by atoms with E-state index in [4.69, 9.17) is 16.3 Å². The highest BCUT2D eigenvalue weighted by molar-refractivity contribution is 6.30. The average molecular weight is 254 g/mol. The lowest BCUT2D eigenvalue weighted by Crippen LogP contribution is -2.23. The van der Waals surface area contributed by atoms with Crippen molar-refractivity contribution in [3.63, 3.8) is 0 Å². The largest absolute Gasteiger partial charge is 0.496 e. The molecule has 3 heteroatoms. The highest BCUT2D eigenvalue weighted by atomic mass is 35.5. The molecule has 0 heterocycles. The quantitative estimate of drug-likeness (QED) is 0.775. The van der Waals surface area contributed by atoms with Gasteiger partial charge in [-0.3, -0.25) is 0 Å². The Morgan fingerprint density at radius 1 is 1.53 bits per heavy atom. The van der Waals surface area contributed by atoms with Crippen LogP contribution in [-0.2, 0) is 0 Å². The maximum Gasteiger partial charge on any atom is 0.125 e. The molecule has 0 radical (unpaired) electrons. The Bertz CT molecular complexity index is 390. The monoisotopic (exact) mass is 253 g/mol. The van der Waals surface area contributed by atoms with E-state index in [2.05, 4.69) is 18.8 Å². The lowest BCUT2D eigenvalue weighted by atomic mass is 10.00. The van der Waals surface area contributed by atoms with Crippen molar-refractivity contribution in [3.05, 3.63) is 40.9 Å². The van der Waals surface area contributed by atoms with Crippen molar-refractivity contribution in [3.8, 4) is 5.75 Å². The number of hydrogen-bond donors (Lipinski definition) is 1. The van der Waals surface area contributed by atoms with Gasteiger partial charge in [-0.25, -0.2) is 0 Å². The van der Waals surface area contributed by atoms with Crippen molar-refractivity contribution in [2.45, 2.75) is 26.3 Å². The van der Waals surface area contributed by atoms with Gasteiger partial charge >= 0.3 is 0 Å². The summed E-state index contributed by atoms with van der Waals surface area (Å²) in [5, 5.41) is 4.14. The van der Waals surface area contributed by atoms with Crippen molar-refractivity contribution in [2.24, 2.45) is 0 Å². The SMILES string of the molecule is C=C(C)C(NCCC)c1ccc(Cl)cc1OC. The van der Waals surface area contributed by atoms with Crippen molar-refractivity contribution >= 4 is 11.6 Å². The van der Waals surface area contributed by atoms with Crippen molar-refractivity contribution in [1.29, 1.82) is 0 Å². The van der Waals surface area contributed by atoms with E-state index >= 15 is 0 Å². The van der Waals surface area contributed by atoms with E-state index in [9.17, 15) is 0 Å². The van der Waals surface area contributed by atoms with Crippen LogP contribution in [0, 0.1) is 0 Å². The molecule has 0 bridgehead atoms. The summed E-state index contributed by atoms with van der Waals surface area (Å²) in [4.78, 5) is 0. The van der Waals surface area contributed by atoms with Crippen LogP contribution in [0.1, 0.15) is 31.9 Å². The van der Waals surface area contributed by atoms with Gasteiger partial charge in [-0.05, 0) is 32.0 Å². The number of methoxy groups -OCH3 is 1. The molecule has 1 aromatic carbocycles. The Labute approximate surface area is 109 Å². The van der Waals surface area contributed by atoms with Crippen molar-refractivity contribution in [1.82, 2.24) is 5.32 Å². The van der Waals surface area contributed by atoms with Gasteiger partial charge < -0.3 is 10.1 Å². The smallest absolute Gasteiger partial charge is 0.125 e. The van der Waals surface area contributed by atoms with Gasteiger partial charge in [0, 0.05) is 10.6 Å². The normalized spacial score (nSPS) is 12.2. The molecule has 17 heavy (non-hydrogen) atoms. The van der Waals surface area contributed by atoms with Crippen LogP contribution in [0.2, 0.25) is 5.02 Å². The molecule has 0 aliphatic heterocycles. The van der Waals surface area contributed by atoms with Crippen LogP contribution < -0.4 is 10.1 Å². The molecule has 0 amide bonds. The molecular weight excluding hydrogens is 234 g/mol. The van der Waals surface area contributed by atoms with Gasteiger partial charge in [0.15, 0.2) is 0 Å². The molecule has 0 aliphatic rings. The second-order valence-corrected chi connectivity index (χ2v) is 4.56. The molecule has 0 saturated carbocycles. The zero-order valence-corrected chi connectivity index (χ0v) is 11.5. The van der Waals surface area contributed by atoms with Gasteiger partial charge in [0.25, 0.3) is 0 Å². The summed E-state index contributed by atoms with van der Waals surface area (Å²) >= 11 is 5.96. The Morgan fingerprint density at radius 2 is 2.24 bits per heavy atom. The number of rotatable bonds is 6. The Balaban J connectivity index is 3.04. The lowest BCUT2D eigenvalue weighted by molar-refractivity contribution is 0.403. The van der Waals surface area contributed by atoms with Gasteiger partial charge in [-0.15, -0.1) is 0 Å². The molecule has 1 rings (SSSR count). The highest BCUT2D eigenvalue weighted by Gasteiger charge is 2.16. The first kappa shape index (κ1) is 14.1. The van der Waals surface area contributed by atoms with Crippen LogP contribution in [0.5, 0.6) is 5.75 Å². The third kappa shape index (κ3) is 3.76. The van der Waals surface area contributed by atoms with Gasteiger partial charge in [0.2, 0.25) is 0 Å². The fourth-order valence-electron chi connectivity index (χ4n) is 1.76. The Hall–Kier alpha value is -0.990. The summed E-state index contributed by atoms with van der Waals surface area (Å²) in [5.74, 6) is 0.800. The molecular formula is C14H20ClNO. The van der Waals surface area contributed by atoms with Crippen LogP contribution in [0.4, 0.5) is 0 Å². The summed E-state index contributed by atoms with van der Waals surface area (Å²) in [7, 11) is 1.66. The van der Waals surface area contributed by atoms with E-state index in [-0.39, 0.29) is 6.04 Å². The van der Waals surface area contributed by atoms with Gasteiger partial charge in [-0.1, -0.05) is 36.7 Å². The average Bonchev–Trinajstić information content (AvgIpc) is 2.30. The second kappa shape index (κ2) is 6.67. The minimum Gasteiger partial charge on any atom is -0.496 e. The van der Waals surface area contributed by atoms with Gasteiger partial charge in [0.1, 0.15) is 5.75 Å². The van der Waals surface area contributed by atoms with Crippen LogP contribution in [0.3, 0.4) is 0 Å².